The van der Waals surface area contributed by atoms with E-state index in [0.29, 0.717) is 0 Å². The first kappa shape index (κ1) is 16.5. The summed E-state index contributed by atoms with van der Waals surface area (Å²) in [6.07, 6.45) is 2.73. The van der Waals surface area contributed by atoms with Crippen LogP contribution in [0.15, 0.2) is 0 Å². The maximum absolute atomic E-state index is 2.56. The third-order valence-electron chi connectivity index (χ3n) is 1.95. The molecule has 0 aromatic rings. The zero-order valence-corrected chi connectivity index (χ0v) is 10.2. The van der Waals surface area contributed by atoms with Crippen LogP contribution in [-0.4, -0.2) is 54.2 Å². The van der Waals surface area contributed by atoms with E-state index >= 15 is 0 Å². The van der Waals surface area contributed by atoms with Crippen LogP contribution in [0.5, 0.6) is 0 Å². The van der Waals surface area contributed by atoms with Crippen molar-refractivity contribution in [2.75, 3.05) is 41.3 Å². The first-order valence-corrected chi connectivity index (χ1v) is 5.56. The van der Waals surface area contributed by atoms with Gasteiger partial charge in [0.2, 0.25) is 0 Å². The molecule has 88 valence electrons. The van der Waals surface area contributed by atoms with Crippen LogP contribution in [0.2, 0.25) is 0 Å². The van der Waals surface area contributed by atoms with Crippen LogP contribution in [0, 0.1) is 0 Å². The highest BCUT2D eigenvalue weighted by atomic mass is 32.2. The second kappa shape index (κ2) is 7.39. The van der Waals surface area contributed by atoms with Crippen LogP contribution >= 0.6 is 0 Å². The summed E-state index contributed by atoms with van der Waals surface area (Å²) in [6, 6.07) is 0. The number of hydrogen-bond acceptors (Lipinski definition) is 3. The molecule has 0 atom stereocenters. The lowest BCUT2D eigenvalue weighted by Gasteiger charge is -2.23. The van der Waals surface area contributed by atoms with Crippen molar-refractivity contribution in [2.45, 2.75) is 12.8 Å². The van der Waals surface area contributed by atoms with Gasteiger partial charge in [-0.25, -0.2) is 0 Å². The maximum atomic E-state index is 2.56. The molecule has 0 aromatic heterocycles. The summed E-state index contributed by atoms with van der Waals surface area (Å²) in [7, 11) is 8.62. The van der Waals surface area contributed by atoms with Gasteiger partial charge >= 0.3 is 0 Å². The standard InChI is InChI=1S/C8H20N3S.2FH/c1-9(2)12(10(3)4)11-7-5-6-8-11;;/h5-8H2,1-4H3;2*1H/q+1;;. The van der Waals surface area contributed by atoms with Gasteiger partial charge < -0.3 is 0 Å². The molecular formula is C8H22F2N3S+. The van der Waals surface area contributed by atoms with E-state index in [0.717, 1.165) is 0 Å². The molecule has 1 aliphatic heterocycles. The van der Waals surface area contributed by atoms with Crippen molar-refractivity contribution < 1.29 is 9.41 Å². The van der Waals surface area contributed by atoms with E-state index in [4.69, 9.17) is 0 Å². The molecule has 14 heavy (non-hydrogen) atoms. The molecule has 3 nitrogen and oxygen atoms in total. The Bertz CT molecular complexity index is 133. The second-order valence-electron chi connectivity index (χ2n) is 3.51. The topological polar surface area (TPSA) is 9.72 Å². The van der Waals surface area contributed by atoms with Crippen molar-refractivity contribution in [2.24, 2.45) is 0 Å². The van der Waals surface area contributed by atoms with E-state index in [2.05, 4.69) is 41.1 Å². The number of halogens is 2. The van der Waals surface area contributed by atoms with Crippen LogP contribution in [0.3, 0.4) is 0 Å². The molecule has 1 heterocycles. The highest BCUT2D eigenvalue weighted by Crippen LogP contribution is 2.17. The predicted molar refractivity (Wildman–Crippen MR) is 60.6 cm³/mol. The molecule has 0 amide bonds. The normalized spacial score (nSPS) is 17.4. The van der Waals surface area contributed by atoms with E-state index in [1.807, 2.05) is 0 Å². The summed E-state index contributed by atoms with van der Waals surface area (Å²) in [5.74, 6) is 0. The van der Waals surface area contributed by atoms with E-state index < -0.39 is 0 Å². The van der Waals surface area contributed by atoms with Crippen molar-refractivity contribution in [1.29, 1.82) is 0 Å². The minimum absolute atomic E-state index is 0. The summed E-state index contributed by atoms with van der Waals surface area (Å²) in [4.78, 5) is 0. The molecule has 0 aromatic carbocycles. The van der Waals surface area contributed by atoms with Gasteiger partial charge in [-0.1, -0.05) is 12.9 Å². The summed E-state index contributed by atoms with van der Waals surface area (Å²) in [5, 5.41) is 0. The average Bonchev–Trinajstić information content (AvgIpc) is 2.37. The van der Waals surface area contributed by atoms with E-state index in [1.54, 1.807) is 0 Å². The number of nitrogens with zero attached hydrogens (tertiary/aromatic N) is 3. The molecule has 1 aliphatic rings. The average molecular weight is 230 g/mol. The second-order valence-corrected chi connectivity index (χ2v) is 5.97. The lowest BCUT2D eigenvalue weighted by molar-refractivity contribution is 0.469. The van der Waals surface area contributed by atoms with Gasteiger partial charge in [0.1, 0.15) is 0 Å². The maximum Gasteiger partial charge on any atom is 0.266 e. The van der Waals surface area contributed by atoms with Crippen LogP contribution < -0.4 is 0 Å². The Morgan fingerprint density at radius 3 is 1.50 bits per heavy atom. The Hall–Kier alpha value is 0.0900. The van der Waals surface area contributed by atoms with E-state index in [1.165, 1.54) is 25.9 Å². The third kappa shape index (κ3) is 4.08. The monoisotopic (exact) mass is 230 g/mol. The fourth-order valence-electron chi connectivity index (χ4n) is 1.64. The van der Waals surface area contributed by atoms with Gasteiger partial charge in [-0.15, -0.1) is 0 Å². The molecule has 0 bridgehead atoms. The molecule has 0 radical (unpaired) electrons. The highest BCUT2D eigenvalue weighted by molar-refractivity contribution is 7.90. The molecule has 0 unspecified atom stereocenters. The molecule has 6 heteroatoms. The molecule has 0 N–H and O–H groups in total. The van der Waals surface area contributed by atoms with Gasteiger partial charge in [-0.3, -0.25) is 9.41 Å². The van der Waals surface area contributed by atoms with Crippen LogP contribution in [0.1, 0.15) is 12.8 Å². The fraction of sp³-hybridized carbons (Fsp3) is 1.00. The predicted octanol–water partition coefficient (Wildman–Crippen LogP) is 0.874. The Balaban J connectivity index is 0. The quantitative estimate of drug-likeness (QED) is 0.666. The molecule has 0 spiro atoms. The Labute approximate surface area is 88.5 Å². The zero-order chi connectivity index (χ0) is 9.14. The van der Waals surface area contributed by atoms with Crippen molar-refractivity contribution in [3.05, 3.63) is 0 Å². The Morgan fingerprint density at radius 2 is 1.21 bits per heavy atom. The SMILES string of the molecule is CN(C)[S+](N(C)C)N1CCCC1.F.F. The van der Waals surface area contributed by atoms with Gasteiger partial charge in [0.25, 0.3) is 11.5 Å². The Kier molecular flexibility index (Phi) is 8.72. The van der Waals surface area contributed by atoms with Crippen molar-refractivity contribution in [3.8, 4) is 0 Å². The van der Waals surface area contributed by atoms with E-state index in [-0.39, 0.29) is 20.9 Å². The van der Waals surface area contributed by atoms with Crippen LogP contribution in [-0.2, 0) is 11.5 Å². The van der Waals surface area contributed by atoms with Gasteiger partial charge in [-0.05, 0) is 12.8 Å². The zero-order valence-electron chi connectivity index (χ0n) is 9.39. The minimum atomic E-state index is 0. The van der Waals surface area contributed by atoms with Gasteiger partial charge in [0.15, 0.2) is 0 Å². The summed E-state index contributed by atoms with van der Waals surface area (Å²) >= 11 is 0.197. The molecule has 1 rings (SSSR count). The summed E-state index contributed by atoms with van der Waals surface area (Å²) in [6.45, 7) is 2.53. The lowest BCUT2D eigenvalue weighted by atomic mass is 10.4. The van der Waals surface area contributed by atoms with Crippen LogP contribution in [0.4, 0.5) is 9.41 Å². The van der Waals surface area contributed by atoms with Gasteiger partial charge in [0.05, 0.1) is 0 Å². The Morgan fingerprint density at radius 1 is 0.857 bits per heavy atom. The third-order valence-corrected chi connectivity index (χ3v) is 4.08. The fourth-order valence-corrected chi connectivity index (χ4v) is 3.80. The molecule has 1 fully saturated rings. The first-order valence-electron chi connectivity index (χ1n) is 4.47. The van der Waals surface area contributed by atoms with Gasteiger partial charge in [-0.2, -0.15) is 0 Å². The molecule has 0 aliphatic carbocycles. The van der Waals surface area contributed by atoms with Crippen molar-refractivity contribution in [3.63, 3.8) is 0 Å². The molecule has 1 saturated heterocycles. The number of hydrogen-bond donors (Lipinski definition) is 0. The van der Waals surface area contributed by atoms with Gasteiger partial charge in [0, 0.05) is 41.3 Å². The highest BCUT2D eigenvalue weighted by Gasteiger charge is 2.37. The summed E-state index contributed by atoms with van der Waals surface area (Å²) < 4.78 is 7.15. The molecule has 0 saturated carbocycles. The van der Waals surface area contributed by atoms with Crippen LogP contribution in [0.25, 0.3) is 0 Å². The van der Waals surface area contributed by atoms with E-state index in [9.17, 15) is 0 Å². The smallest absolute Gasteiger partial charge is 0.266 e. The lowest BCUT2D eigenvalue weighted by Crippen LogP contribution is -2.46. The molecular weight excluding hydrogens is 208 g/mol. The largest absolute Gasteiger partial charge is 0.269 e. The first-order chi connectivity index (χ1) is 5.63. The van der Waals surface area contributed by atoms with Crippen molar-refractivity contribution >= 4 is 11.5 Å². The number of rotatable bonds is 3. The minimum Gasteiger partial charge on any atom is -0.269 e. The summed E-state index contributed by atoms with van der Waals surface area (Å²) in [5.41, 5.74) is 0. The van der Waals surface area contributed by atoms with Crippen molar-refractivity contribution in [1.82, 2.24) is 12.9 Å².